The Morgan fingerprint density at radius 3 is 2.18 bits per heavy atom. The van der Waals surface area contributed by atoms with E-state index in [0.29, 0.717) is 17.3 Å². The number of nitrogens with zero attached hydrogens (tertiary/aromatic N) is 2. The van der Waals surface area contributed by atoms with Gasteiger partial charge >= 0.3 is 0 Å². The van der Waals surface area contributed by atoms with Crippen molar-refractivity contribution in [3.05, 3.63) is 103 Å². The quantitative estimate of drug-likeness (QED) is 0.243. The standard InChI is InChI=1S/C31H31N3O3S/c1-4-33-29-13-9-8-12-27(29)28-20-24(16-19-30(28)33)32-31(35)21-34(25-17-14-23(15-18-25)22(2)3)38(36,37)26-10-6-5-7-11-26/h5-20,22H,4,21H2,1-3H3,(H,32,35). The van der Waals surface area contributed by atoms with Crippen LogP contribution in [-0.2, 0) is 21.4 Å². The van der Waals surface area contributed by atoms with E-state index in [2.05, 4.69) is 42.8 Å². The molecule has 0 fully saturated rings. The zero-order valence-corrected chi connectivity index (χ0v) is 22.6. The molecule has 0 atom stereocenters. The van der Waals surface area contributed by atoms with Gasteiger partial charge < -0.3 is 9.88 Å². The fraction of sp³-hybridized carbons (Fsp3) is 0.194. The number of carbonyl (C=O) groups is 1. The number of nitrogens with one attached hydrogen (secondary N) is 1. The summed E-state index contributed by atoms with van der Waals surface area (Å²) in [5.74, 6) is -0.115. The first-order chi connectivity index (χ1) is 18.3. The molecule has 194 valence electrons. The van der Waals surface area contributed by atoms with Crippen LogP contribution in [-0.4, -0.2) is 25.4 Å². The van der Waals surface area contributed by atoms with Crippen LogP contribution in [0.3, 0.4) is 0 Å². The Balaban J connectivity index is 1.47. The first-order valence-corrected chi connectivity index (χ1v) is 14.2. The van der Waals surface area contributed by atoms with E-state index < -0.39 is 15.9 Å². The van der Waals surface area contributed by atoms with Gasteiger partial charge in [-0.1, -0.05) is 62.4 Å². The lowest BCUT2D eigenvalue weighted by Crippen LogP contribution is -2.38. The van der Waals surface area contributed by atoms with Crippen LogP contribution in [0.2, 0.25) is 0 Å². The molecule has 0 spiro atoms. The zero-order chi connectivity index (χ0) is 26.9. The minimum atomic E-state index is -3.97. The van der Waals surface area contributed by atoms with Gasteiger partial charge in [-0.05, 0) is 66.9 Å². The third-order valence-electron chi connectivity index (χ3n) is 6.84. The fourth-order valence-corrected chi connectivity index (χ4v) is 6.31. The Kier molecular flexibility index (Phi) is 6.95. The first kappa shape index (κ1) is 25.5. The third-order valence-corrected chi connectivity index (χ3v) is 8.63. The molecule has 1 aromatic heterocycles. The number of benzene rings is 4. The van der Waals surface area contributed by atoms with Gasteiger partial charge in [0.15, 0.2) is 0 Å². The molecule has 1 heterocycles. The second-order valence-corrected chi connectivity index (χ2v) is 11.5. The summed E-state index contributed by atoms with van der Waals surface area (Å²) in [5.41, 5.74) is 4.38. The van der Waals surface area contributed by atoms with E-state index in [9.17, 15) is 13.2 Å². The van der Waals surface area contributed by atoms with Crippen LogP contribution < -0.4 is 9.62 Å². The Labute approximate surface area is 223 Å². The maximum atomic E-state index is 13.6. The van der Waals surface area contributed by atoms with Crippen LogP contribution in [0, 0.1) is 0 Å². The third kappa shape index (κ3) is 4.77. The number of carbonyl (C=O) groups excluding carboxylic acids is 1. The lowest BCUT2D eigenvalue weighted by molar-refractivity contribution is -0.114. The van der Waals surface area contributed by atoms with Crippen LogP contribution in [0.4, 0.5) is 11.4 Å². The summed E-state index contributed by atoms with van der Waals surface area (Å²) in [6.45, 7) is 6.74. The van der Waals surface area contributed by atoms with Crippen molar-refractivity contribution in [3.8, 4) is 0 Å². The van der Waals surface area contributed by atoms with Gasteiger partial charge in [-0.3, -0.25) is 9.10 Å². The molecule has 0 aliphatic carbocycles. The molecule has 0 aliphatic rings. The summed E-state index contributed by atoms with van der Waals surface area (Å²) < 4.78 is 30.7. The van der Waals surface area contributed by atoms with Crippen LogP contribution in [0.5, 0.6) is 0 Å². The number of amides is 1. The minimum Gasteiger partial charge on any atom is -0.341 e. The molecule has 7 heteroatoms. The maximum absolute atomic E-state index is 13.6. The molecular formula is C31H31N3O3S. The maximum Gasteiger partial charge on any atom is 0.264 e. The average Bonchev–Trinajstić information content (AvgIpc) is 3.25. The number of aryl methyl sites for hydroxylation is 1. The van der Waals surface area contributed by atoms with E-state index in [1.807, 2.05) is 42.5 Å². The smallest absolute Gasteiger partial charge is 0.264 e. The van der Waals surface area contributed by atoms with Crippen molar-refractivity contribution in [1.82, 2.24) is 4.57 Å². The molecule has 1 N–H and O–H groups in total. The second kappa shape index (κ2) is 10.3. The van der Waals surface area contributed by atoms with Crippen LogP contribution in [0.1, 0.15) is 32.3 Å². The van der Waals surface area contributed by atoms with Gasteiger partial charge in [0.05, 0.1) is 10.6 Å². The average molecular weight is 526 g/mol. The Hall–Kier alpha value is -4.10. The molecule has 0 radical (unpaired) electrons. The lowest BCUT2D eigenvalue weighted by atomic mass is 10.0. The van der Waals surface area contributed by atoms with Gasteiger partial charge in [0, 0.05) is 34.0 Å². The van der Waals surface area contributed by atoms with Gasteiger partial charge in [0.25, 0.3) is 10.0 Å². The molecule has 6 nitrogen and oxygen atoms in total. The highest BCUT2D eigenvalue weighted by Crippen LogP contribution is 2.31. The number of sulfonamides is 1. The summed E-state index contributed by atoms with van der Waals surface area (Å²) in [6.07, 6.45) is 0. The van der Waals surface area contributed by atoms with Gasteiger partial charge in [-0.2, -0.15) is 0 Å². The predicted octanol–water partition coefficient (Wildman–Crippen LogP) is 6.77. The number of fused-ring (bicyclic) bond motifs is 3. The van der Waals surface area contributed by atoms with Gasteiger partial charge in [-0.25, -0.2) is 8.42 Å². The summed E-state index contributed by atoms with van der Waals surface area (Å²) in [5, 5.41) is 5.08. The zero-order valence-electron chi connectivity index (χ0n) is 21.8. The molecule has 5 rings (SSSR count). The highest BCUT2D eigenvalue weighted by Gasteiger charge is 2.27. The molecule has 5 aromatic rings. The monoisotopic (exact) mass is 525 g/mol. The van der Waals surface area contributed by atoms with Crippen molar-refractivity contribution in [3.63, 3.8) is 0 Å². The van der Waals surface area contributed by atoms with E-state index in [1.165, 1.54) is 4.31 Å². The SMILES string of the molecule is CCn1c2ccccc2c2cc(NC(=O)CN(c3ccc(C(C)C)cc3)S(=O)(=O)c3ccccc3)ccc21. The number of aromatic nitrogens is 1. The molecule has 0 bridgehead atoms. The number of hydrogen-bond acceptors (Lipinski definition) is 3. The fourth-order valence-electron chi connectivity index (χ4n) is 4.86. The van der Waals surface area contributed by atoms with Crippen molar-refractivity contribution in [2.45, 2.75) is 38.1 Å². The minimum absolute atomic E-state index is 0.134. The van der Waals surface area contributed by atoms with E-state index in [0.717, 1.165) is 33.9 Å². The van der Waals surface area contributed by atoms with E-state index in [-0.39, 0.29) is 11.4 Å². The molecular weight excluding hydrogens is 494 g/mol. The molecule has 0 saturated heterocycles. The van der Waals surface area contributed by atoms with Crippen molar-refractivity contribution < 1.29 is 13.2 Å². The largest absolute Gasteiger partial charge is 0.341 e. The molecule has 0 saturated carbocycles. The van der Waals surface area contributed by atoms with Crippen molar-refractivity contribution in [2.75, 3.05) is 16.2 Å². The topological polar surface area (TPSA) is 71.4 Å². The summed E-state index contributed by atoms with van der Waals surface area (Å²) in [4.78, 5) is 13.4. The van der Waals surface area contributed by atoms with Crippen molar-refractivity contribution in [2.24, 2.45) is 0 Å². The van der Waals surface area contributed by atoms with Gasteiger partial charge in [0.1, 0.15) is 6.54 Å². The normalized spacial score (nSPS) is 11.8. The first-order valence-electron chi connectivity index (χ1n) is 12.8. The van der Waals surface area contributed by atoms with E-state index in [4.69, 9.17) is 0 Å². The highest BCUT2D eigenvalue weighted by atomic mass is 32.2. The summed E-state index contributed by atoms with van der Waals surface area (Å²) in [7, 11) is -3.97. The predicted molar refractivity (Wildman–Crippen MR) is 155 cm³/mol. The van der Waals surface area contributed by atoms with E-state index in [1.54, 1.807) is 42.5 Å². The van der Waals surface area contributed by atoms with E-state index >= 15 is 0 Å². The summed E-state index contributed by atoms with van der Waals surface area (Å²) in [6, 6.07) is 29.5. The number of anilines is 2. The lowest BCUT2D eigenvalue weighted by Gasteiger charge is -2.24. The summed E-state index contributed by atoms with van der Waals surface area (Å²) >= 11 is 0. The Bertz CT molecular complexity index is 1710. The highest BCUT2D eigenvalue weighted by molar-refractivity contribution is 7.92. The molecule has 4 aromatic carbocycles. The second-order valence-electron chi connectivity index (χ2n) is 9.61. The van der Waals surface area contributed by atoms with Crippen LogP contribution in [0.25, 0.3) is 21.8 Å². The van der Waals surface area contributed by atoms with Crippen molar-refractivity contribution >= 4 is 49.1 Å². The number of hydrogen-bond donors (Lipinski definition) is 1. The Morgan fingerprint density at radius 2 is 1.50 bits per heavy atom. The van der Waals surface area contributed by atoms with Crippen molar-refractivity contribution in [1.29, 1.82) is 0 Å². The number of rotatable bonds is 8. The molecule has 0 aliphatic heterocycles. The van der Waals surface area contributed by atoms with Crippen LogP contribution >= 0.6 is 0 Å². The Morgan fingerprint density at radius 1 is 0.842 bits per heavy atom. The molecule has 38 heavy (non-hydrogen) atoms. The molecule has 0 unspecified atom stereocenters. The molecule has 1 amide bonds. The van der Waals surface area contributed by atoms with Gasteiger partial charge in [-0.15, -0.1) is 0 Å². The van der Waals surface area contributed by atoms with Gasteiger partial charge in [0.2, 0.25) is 5.91 Å². The van der Waals surface area contributed by atoms with Crippen LogP contribution in [0.15, 0.2) is 102 Å². The number of para-hydroxylation sites is 1.